The van der Waals surface area contributed by atoms with E-state index in [9.17, 15) is 13.9 Å². The number of rotatable bonds is 6. The largest absolute Gasteiger partial charge is 0.586 e. The van der Waals surface area contributed by atoms with E-state index in [4.69, 9.17) is 0 Å². The summed E-state index contributed by atoms with van der Waals surface area (Å²) in [4.78, 5) is 0. The molecular formula is C30H39F2N3O3. The first kappa shape index (κ1) is 25.8. The third-order valence-corrected chi connectivity index (χ3v) is 11.2. The second-order valence-electron chi connectivity index (χ2n) is 12.8. The zero-order valence-corrected chi connectivity index (χ0v) is 22.6. The lowest BCUT2D eigenvalue weighted by molar-refractivity contribution is -0.286. The molecule has 0 spiro atoms. The number of nitrogens with zero attached hydrogens (tertiary/aromatic N) is 1. The Bertz CT molecular complexity index is 1250. The van der Waals surface area contributed by atoms with Gasteiger partial charge in [-0.3, -0.25) is 5.10 Å². The zero-order chi connectivity index (χ0) is 26.9. The summed E-state index contributed by atoms with van der Waals surface area (Å²) >= 11 is 0. The average Bonchev–Trinajstić information content (AvgIpc) is 3.51. The van der Waals surface area contributed by atoms with Crippen LogP contribution >= 0.6 is 0 Å². The van der Waals surface area contributed by atoms with Crippen molar-refractivity contribution in [2.24, 2.45) is 34.0 Å². The van der Waals surface area contributed by atoms with Crippen molar-refractivity contribution in [3.63, 3.8) is 0 Å². The number of aliphatic hydroxyl groups is 1. The van der Waals surface area contributed by atoms with Crippen LogP contribution in [0, 0.1) is 34.0 Å². The number of benzene rings is 1. The minimum absolute atomic E-state index is 0.0590. The van der Waals surface area contributed by atoms with E-state index in [1.54, 1.807) is 12.1 Å². The zero-order valence-electron chi connectivity index (χ0n) is 22.6. The van der Waals surface area contributed by atoms with E-state index < -0.39 is 6.29 Å². The number of allylic oxidation sites excluding steroid dienone is 1. The van der Waals surface area contributed by atoms with Crippen molar-refractivity contribution in [3.05, 3.63) is 53.4 Å². The van der Waals surface area contributed by atoms with Crippen molar-refractivity contribution in [1.82, 2.24) is 15.5 Å². The van der Waals surface area contributed by atoms with Crippen LogP contribution in [0.25, 0.3) is 0 Å². The van der Waals surface area contributed by atoms with Crippen LogP contribution < -0.4 is 14.8 Å². The smallest absolute Gasteiger partial charge is 0.396 e. The molecule has 8 heteroatoms. The van der Waals surface area contributed by atoms with Gasteiger partial charge in [-0.1, -0.05) is 39.0 Å². The molecule has 2 heterocycles. The summed E-state index contributed by atoms with van der Waals surface area (Å²) in [5.41, 5.74) is 4.78. The van der Waals surface area contributed by atoms with Gasteiger partial charge in [0.15, 0.2) is 11.5 Å². The molecule has 6 rings (SSSR count). The van der Waals surface area contributed by atoms with Crippen molar-refractivity contribution in [2.45, 2.75) is 72.1 Å². The molecule has 4 aliphatic rings. The number of aromatic amines is 1. The van der Waals surface area contributed by atoms with Crippen LogP contribution in [0.1, 0.15) is 63.3 Å². The van der Waals surface area contributed by atoms with Gasteiger partial charge < -0.3 is 19.9 Å². The summed E-state index contributed by atoms with van der Waals surface area (Å²) in [7, 11) is 0. The Labute approximate surface area is 223 Å². The third-order valence-electron chi connectivity index (χ3n) is 11.2. The Morgan fingerprint density at radius 3 is 2.76 bits per heavy atom. The molecule has 1 aliphatic heterocycles. The molecule has 2 saturated carbocycles. The van der Waals surface area contributed by atoms with Crippen LogP contribution in [0.5, 0.6) is 11.5 Å². The van der Waals surface area contributed by atoms with Crippen LogP contribution in [0.4, 0.5) is 8.78 Å². The molecule has 0 amide bonds. The third kappa shape index (κ3) is 3.81. The lowest BCUT2D eigenvalue weighted by Crippen LogP contribution is -2.57. The summed E-state index contributed by atoms with van der Waals surface area (Å²) in [6, 6.07) is 4.99. The molecule has 3 aliphatic carbocycles. The fourth-order valence-corrected chi connectivity index (χ4v) is 8.55. The van der Waals surface area contributed by atoms with Crippen LogP contribution in [0.2, 0.25) is 0 Å². The van der Waals surface area contributed by atoms with Crippen molar-refractivity contribution in [2.75, 3.05) is 13.2 Å². The quantitative estimate of drug-likeness (QED) is 0.425. The minimum atomic E-state index is -3.61. The summed E-state index contributed by atoms with van der Waals surface area (Å²) in [6.45, 7) is 13.3. The summed E-state index contributed by atoms with van der Waals surface area (Å²) < 4.78 is 36.2. The number of hydrogen-bond donors (Lipinski definition) is 3. The molecule has 1 aromatic carbocycles. The average molecular weight is 528 g/mol. The lowest BCUT2D eigenvalue weighted by atomic mass is 9.44. The fraction of sp³-hybridized carbons (Fsp3) is 0.633. The number of alkyl halides is 2. The summed E-state index contributed by atoms with van der Waals surface area (Å²) in [5.74, 6) is 1.09. The van der Waals surface area contributed by atoms with Gasteiger partial charge in [0.1, 0.15) is 0 Å². The Hall–Kier alpha value is -2.45. The SMILES string of the molecule is C=C1CC[C@@]2(C)[C@H](CNCc3ccc4c(c3)OC(F)(F)O4)[C@@H]([C@@]3(C)Cc4cn[nH]c4C[C@@H]3CO)CC[C@]12C. The first-order valence-electron chi connectivity index (χ1n) is 13.9. The van der Waals surface area contributed by atoms with Gasteiger partial charge in [0.05, 0.1) is 6.20 Å². The molecule has 0 bridgehead atoms. The molecule has 2 fully saturated rings. The first-order valence-corrected chi connectivity index (χ1v) is 13.9. The number of nitrogens with one attached hydrogen (secondary N) is 2. The second-order valence-corrected chi connectivity index (χ2v) is 12.8. The van der Waals surface area contributed by atoms with Crippen molar-refractivity contribution >= 4 is 0 Å². The van der Waals surface area contributed by atoms with Gasteiger partial charge in [-0.2, -0.15) is 5.10 Å². The predicted molar refractivity (Wildman–Crippen MR) is 140 cm³/mol. The molecule has 0 radical (unpaired) electrons. The Morgan fingerprint density at radius 2 is 1.97 bits per heavy atom. The van der Waals surface area contributed by atoms with Crippen molar-refractivity contribution in [3.8, 4) is 11.5 Å². The highest BCUT2D eigenvalue weighted by molar-refractivity contribution is 5.45. The number of H-pyrrole nitrogens is 1. The van der Waals surface area contributed by atoms with Gasteiger partial charge in [0, 0.05) is 18.8 Å². The predicted octanol–water partition coefficient (Wildman–Crippen LogP) is 5.62. The number of halogens is 2. The van der Waals surface area contributed by atoms with Gasteiger partial charge in [0.2, 0.25) is 0 Å². The van der Waals surface area contributed by atoms with Crippen molar-refractivity contribution in [1.29, 1.82) is 0 Å². The number of aliphatic hydroxyl groups excluding tert-OH is 1. The molecule has 2 aromatic rings. The van der Waals surface area contributed by atoms with Crippen LogP contribution in [-0.2, 0) is 19.4 Å². The van der Waals surface area contributed by atoms with E-state index in [-0.39, 0.29) is 40.3 Å². The minimum Gasteiger partial charge on any atom is -0.396 e. The van der Waals surface area contributed by atoms with Gasteiger partial charge in [-0.15, -0.1) is 8.78 Å². The van der Waals surface area contributed by atoms with Crippen LogP contribution in [0.15, 0.2) is 36.5 Å². The van der Waals surface area contributed by atoms with E-state index in [0.717, 1.165) is 56.3 Å². The Morgan fingerprint density at radius 1 is 1.18 bits per heavy atom. The number of ether oxygens (including phenoxy) is 2. The van der Waals surface area contributed by atoms with Gasteiger partial charge in [0.25, 0.3) is 0 Å². The Balaban J connectivity index is 1.28. The number of hydrogen-bond acceptors (Lipinski definition) is 5. The molecule has 206 valence electrons. The van der Waals surface area contributed by atoms with E-state index in [2.05, 4.69) is 52.3 Å². The maximum atomic E-state index is 13.5. The second kappa shape index (κ2) is 8.78. The molecule has 0 unspecified atom stereocenters. The highest BCUT2D eigenvalue weighted by atomic mass is 19.3. The van der Waals surface area contributed by atoms with Crippen LogP contribution in [-0.4, -0.2) is 34.8 Å². The van der Waals surface area contributed by atoms with Gasteiger partial charge in [-0.25, -0.2) is 0 Å². The fourth-order valence-electron chi connectivity index (χ4n) is 8.55. The molecule has 1 aromatic heterocycles. The monoisotopic (exact) mass is 527 g/mol. The van der Waals surface area contributed by atoms with E-state index in [0.29, 0.717) is 18.4 Å². The Kier molecular flexibility index (Phi) is 5.96. The highest BCUT2D eigenvalue weighted by Crippen LogP contribution is 2.69. The molecule has 6 atom stereocenters. The standard InChI is InChI=1S/C30H39F2N3O3/c1-18-7-9-29(4)23(16-33-14-19-5-6-25-26(11-19)38-30(31,32)37-25)22(8-10-28(18,29)3)27(2)13-20-15-34-35-24(20)12-21(27)17-36/h5-6,11,15,21-23,33,36H,1,7-10,12-14,16-17H2,2-4H3,(H,34,35)/t21-,22+,23-,27+,28-,29+/m1/s1. The lowest BCUT2D eigenvalue weighted by Gasteiger charge is -2.60. The van der Waals surface area contributed by atoms with Gasteiger partial charge in [-0.05, 0) is 102 Å². The first-order chi connectivity index (χ1) is 18.0. The maximum absolute atomic E-state index is 13.5. The number of fused-ring (bicyclic) bond motifs is 3. The summed E-state index contributed by atoms with van der Waals surface area (Å²) in [5, 5.41) is 21.7. The number of aromatic nitrogens is 2. The maximum Gasteiger partial charge on any atom is 0.586 e. The van der Waals surface area contributed by atoms with E-state index >= 15 is 0 Å². The normalized spacial score (nSPS) is 37.2. The topological polar surface area (TPSA) is 79.4 Å². The highest BCUT2D eigenvalue weighted by Gasteiger charge is 2.62. The molecule has 0 saturated heterocycles. The molecular weight excluding hydrogens is 488 g/mol. The summed E-state index contributed by atoms with van der Waals surface area (Å²) in [6.07, 6.45) is 4.46. The van der Waals surface area contributed by atoms with Crippen molar-refractivity contribution < 1.29 is 23.4 Å². The van der Waals surface area contributed by atoms with E-state index in [1.165, 1.54) is 11.1 Å². The molecule has 6 nitrogen and oxygen atoms in total. The molecule has 3 N–H and O–H groups in total. The van der Waals surface area contributed by atoms with E-state index in [1.807, 2.05) is 12.3 Å². The van der Waals surface area contributed by atoms with Gasteiger partial charge >= 0.3 is 6.29 Å². The van der Waals surface area contributed by atoms with Crippen LogP contribution in [0.3, 0.4) is 0 Å². The molecule has 38 heavy (non-hydrogen) atoms.